The number of nitrogens with two attached hydrogens (primary N) is 2. The smallest absolute Gasteiger partial charge is 0.142 e. The molecular formula is C14H17N3O. The predicted molar refractivity (Wildman–Crippen MR) is 71.0 cm³/mol. The average molecular weight is 243 g/mol. The summed E-state index contributed by atoms with van der Waals surface area (Å²) in [7, 11) is 0. The highest BCUT2D eigenvalue weighted by atomic mass is 16.5. The number of hydrogen-bond acceptors (Lipinski definition) is 4. The van der Waals surface area contributed by atoms with Crippen LogP contribution < -0.4 is 16.2 Å². The van der Waals surface area contributed by atoms with E-state index in [1.807, 2.05) is 42.5 Å². The second-order valence-corrected chi connectivity index (χ2v) is 4.00. The van der Waals surface area contributed by atoms with Crippen LogP contribution in [-0.2, 0) is 6.61 Å². The first-order valence-corrected chi connectivity index (χ1v) is 5.88. The Labute approximate surface area is 107 Å². The monoisotopic (exact) mass is 243 g/mol. The Morgan fingerprint density at radius 1 is 1.11 bits per heavy atom. The van der Waals surface area contributed by atoms with Gasteiger partial charge in [-0.15, -0.1) is 0 Å². The lowest BCUT2D eigenvalue weighted by Gasteiger charge is -2.14. The van der Waals surface area contributed by atoms with E-state index < -0.39 is 0 Å². The second-order valence-electron chi connectivity index (χ2n) is 4.00. The van der Waals surface area contributed by atoms with Crippen molar-refractivity contribution in [2.24, 2.45) is 11.5 Å². The van der Waals surface area contributed by atoms with E-state index in [0.29, 0.717) is 24.6 Å². The highest BCUT2D eigenvalue weighted by molar-refractivity contribution is 5.30. The molecule has 1 unspecified atom stereocenters. The van der Waals surface area contributed by atoms with E-state index >= 15 is 0 Å². The van der Waals surface area contributed by atoms with Crippen LogP contribution in [0.25, 0.3) is 0 Å². The van der Waals surface area contributed by atoms with Crippen LogP contribution in [0.2, 0.25) is 0 Å². The molecule has 0 fully saturated rings. The second kappa shape index (κ2) is 6.14. The predicted octanol–water partition coefficient (Wildman–Crippen LogP) is 1.62. The summed E-state index contributed by atoms with van der Waals surface area (Å²) in [6, 6.07) is 13.4. The SMILES string of the molecule is NCC(N)c1ncccc1OCc1ccccc1. The minimum Gasteiger partial charge on any atom is -0.487 e. The summed E-state index contributed by atoms with van der Waals surface area (Å²) in [6.07, 6.45) is 1.69. The number of rotatable bonds is 5. The lowest BCUT2D eigenvalue weighted by atomic mass is 10.2. The van der Waals surface area contributed by atoms with Crippen molar-refractivity contribution in [1.82, 2.24) is 4.98 Å². The Hall–Kier alpha value is -1.91. The molecule has 0 bridgehead atoms. The Kier molecular flexibility index (Phi) is 4.28. The van der Waals surface area contributed by atoms with Crippen molar-refractivity contribution in [3.8, 4) is 5.75 Å². The minimum absolute atomic E-state index is 0.294. The van der Waals surface area contributed by atoms with Crippen LogP contribution in [0.15, 0.2) is 48.7 Å². The summed E-state index contributed by atoms with van der Waals surface area (Å²) >= 11 is 0. The standard InChI is InChI=1S/C14H17N3O/c15-9-12(16)14-13(7-4-8-17-14)18-10-11-5-2-1-3-6-11/h1-8,12H,9-10,15-16H2. The van der Waals surface area contributed by atoms with E-state index in [9.17, 15) is 0 Å². The lowest BCUT2D eigenvalue weighted by molar-refractivity contribution is 0.299. The Morgan fingerprint density at radius 2 is 1.89 bits per heavy atom. The van der Waals surface area contributed by atoms with Crippen LogP contribution in [-0.4, -0.2) is 11.5 Å². The Morgan fingerprint density at radius 3 is 2.61 bits per heavy atom. The zero-order valence-electron chi connectivity index (χ0n) is 10.1. The number of aromatic nitrogens is 1. The Bertz CT molecular complexity index is 487. The molecule has 0 amide bonds. The van der Waals surface area contributed by atoms with Gasteiger partial charge in [-0.1, -0.05) is 30.3 Å². The molecular weight excluding hydrogens is 226 g/mol. The van der Waals surface area contributed by atoms with Gasteiger partial charge >= 0.3 is 0 Å². The van der Waals surface area contributed by atoms with E-state index in [0.717, 1.165) is 5.56 Å². The number of pyridine rings is 1. The number of nitrogens with zero attached hydrogens (tertiary/aromatic N) is 1. The molecule has 2 rings (SSSR count). The van der Waals surface area contributed by atoms with Crippen LogP contribution in [0.1, 0.15) is 17.3 Å². The molecule has 94 valence electrons. The maximum Gasteiger partial charge on any atom is 0.142 e. The lowest BCUT2D eigenvalue weighted by Crippen LogP contribution is -2.22. The minimum atomic E-state index is -0.294. The maximum absolute atomic E-state index is 5.90. The molecule has 1 atom stereocenters. The molecule has 0 saturated heterocycles. The molecule has 4 N–H and O–H groups in total. The molecule has 1 aromatic heterocycles. The Balaban J connectivity index is 2.10. The summed E-state index contributed by atoms with van der Waals surface area (Å²) in [5.41, 5.74) is 13.3. The highest BCUT2D eigenvalue weighted by Crippen LogP contribution is 2.21. The summed E-state index contributed by atoms with van der Waals surface area (Å²) in [6.45, 7) is 0.843. The van der Waals surface area contributed by atoms with Crippen molar-refractivity contribution in [2.75, 3.05) is 6.54 Å². The van der Waals surface area contributed by atoms with Crippen molar-refractivity contribution >= 4 is 0 Å². The molecule has 0 saturated carbocycles. The van der Waals surface area contributed by atoms with Crippen LogP contribution >= 0.6 is 0 Å². The summed E-state index contributed by atoms with van der Waals surface area (Å²) < 4.78 is 5.75. The molecule has 2 aromatic rings. The fourth-order valence-electron chi connectivity index (χ4n) is 1.65. The first-order valence-electron chi connectivity index (χ1n) is 5.88. The maximum atomic E-state index is 5.90. The number of hydrogen-bond donors (Lipinski definition) is 2. The molecule has 0 aliphatic carbocycles. The highest BCUT2D eigenvalue weighted by Gasteiger charge is 2.11. The van der Waals surface area contributed by atoms with Gasteiger partial charge in [-0.3, -0.25) is 4.98 Å². The van der Waals surface area contributed by atoms with Crippen LogP contribution in [0.5, 0.6) is 5.75 Å². The van der Waals surface area contributed by atoms with E-state index in [1.54, 1.807) is 6.20 Å². The fraction of sp³-hybridized carbons (Fsp3) is 0.214. The molecule has 1 heterocycles. The van der Waals surface area contributed by atoms with Crippen molar-refractivity contribution in [1.29, 1.82) is 0 Å². The topological polar surface area (TPSA) is 74.2 Å². The third-order valence-electron chi connectivity index (χ3n) is 2.64. The van der Waals surface area contributed by atoms with Gasteiger partial charge in [0.2, 0.25) is 0 Å². The summed E-state index contributed by atoms with van der Waals surface area (Å²) in [4.78, 5) is 4.23. The van der Waals surface area contributed by atoms with Crippen molar-refractivity contribution in [2.45, 2.75) is 12.6 Å². The van der Waals surface area contributed by atoms with E-state index in [-0.39, 0.29) is 6.04 Å². The van der Waals surface area contributed by atoms with Crippen LogP contribution in [0, 0.1) is 0 Å². The number of benzene rings is 1. The first kappa shape index (κ1) is 12.5. The van der Waals surface area contributed by atoms with Crippen LogP contribution in [0.4, 0.5) is 0 Å². The van der Waals surface area contributed by atoms with Gasteiger partial charge in [0, 0.05) is 12.7 Å². The van der Waals surface area contributed by atoms with Crippen LogP contribution in [0.3, 0.4) is 0 Å². The van der Waals surface area contributed by atoms with Gasteiger partial charge in [0.05, 0.1) is 6.04 Å². The average Bonchev–Trinajstić information content (AvgIpc) is 2.45. The zero-order chi connectivity index (χ0) is 12.8. The molecule has 1 aromatic carbocycles. The molecule has 4 heteroatoms. The van der Waals surface area contributed by atoms with Crippen molar-refractivity contribution < 1.29 is 4.74 Å². The van der Waals surface area contributed by atoms with Crippen molar-refractivity contribution in [3.05, 3.63) is 59.9 Å². The van der Waals surface area contributed by atoms with E-state index in [4.69, 9.17) is 16.2 Å². The van der Waals surface area contributed by atoms with Gasteiger partial charge in [0.1, 0.15) is 18.1 Å². The zero-order valence-corrected chi connectivity index (χ0v) is 10.1. The summed E-state index contributed by atoms with van der Waals surface area (Å²) in [5, 5.41) is 0. The largest absolute Gasteiger partial charge is 0.487 e. The third kappa shape index (κ3) is 3.06. The van der Waals surface area contributed by atoms with Gasteiger partial charge in [-0.2, -0.15) is 0 Å². The normalized spacial score (nSPS) is 12.1. The third-order valence-corrected chi connectivity index (χ3v) is 2.64. The first-order chi connectivity index (χ1) is 8.81. The molecule has 4 nitrogen and oxygen atoms in total. The molecule has 0 aliphatic heterocycles. The number of ether oxygens (including phenoxy) is 1. The molecule has 18 heavy (non-hydrogen) atoms. The van der Waals surface area contributed by atoms with Gasteiger partial charge in [-0.25, -0.2) is 0 Å². The van der Waals surface area contributed by atoms with Gasteiger partial charge in [0.15, 0.2) is 0 Å². The quantitative estimate of drug-likeness (QED) is 0.836. The van der Waals surface area contributed by atoms with Crippen molar-refractivity contribution in [3.63, 3.8) is 0 Å². The van der Waals surface area contributed by atoms with E-state index in [2.05, 4.69) is 4.98 Å². The van der Waals surface area contributed by atoms with Gasteiger partial charge in [0.25, 0.3) is 0 Å². The molecule has 0 radical (unpaired) electrons. The van der Waals surface area contributed by atoms with Gasteiger partial charge < -0.3 is 16.2 Å². The van der Waals surface area contributed by atoms with E-state index in [1.165, 1.54) is 0 Å². The summed E-state index contributed by atoms with van der Waals surface area (Å²) in [5.74, 6) is 0.694. The fourth-order valence-corrected chi connectivity index (χ4v) is 1.65. The van der Waals surface area contributed by atoms with Gasteiger partial charge in [-0.05, 0) is 17.7 Å². The molecule has 0 spiro atoms. The molecule has 0 aliphatic rings.